The van der Waals surface area contributed by atoms with Crippen molar-refractivity contribution in [1.82, 2.24) is 14.1 Å². The number of sulfonamides is 1. The van der Waals surface area contributed by atoms with E-state index in [4.69, 9.17) is 0 Å². The summed E-state index contributed by atoms with van der Waals surface area (Å²) in [6.45, 7) is 5.77. The maximum atomic E-state index is 12.9. The smallest absolute Gasteiger partial charge is 0.239 e. The van der Waals surface area contributed by atoms with Crippen LogP contribution >= 0.6 is 0 Å². The largest absolute Gasteiger partial charge is 0.341 e. The van der Waals surface area contributed by atoms with Crippen molar-refractivity contribution in [2.45, 2.75) is 32.2 Å². The summed E-state index contributed by atoms with van der Waals surface area (Å²) < 4.78 is 24.8. The van der Waals surface area contributed by atoms with E-state index in [9.17, 15) is 13.2 Å². The van der Waals surface area contributed by atoms with Gasteiger partial charge in [-0.3, -0.25) is 9.69 Å². The molecule has 0 spiro atoms. The van der Waals surface area contributed by atoms with Gasteiger partial charge in [0, 0.05) is 39.3 Å². The monoisotopic (exact) mass is 393 g/mol. The highest BCUT2D eigenvalue weighted by Crippen LogP contribution is 2.23. The van der Waals surface area contributed by atoms with Gasteiger partial charge in [-0.1, -0.05) is 30.3 Å². The van der Waals surface area contributed by atoms with Crippen molar-refractivity contribution in [2.24, 2.45) is 5.92 Å². The van der Waals surface area contributed by atoms with E-state index in [0.717, 1.165) is 32.4 Å². The molecule has 0 N–H and O–H groups in total. The maximum absolute atomic E-state index is 12.9. The number of amides is 1. The molecular formula is C20H31N3O3S. The highest BCUT2D eigenvalue weighted by Gasteiger charge is 2.32. The molecule has 2 aliphatic heterocycles. The minimum atomic E-state index is -3.14. The molecule has 0 aromatic heterocycles. The van der Waals surface area contributed by atoms with Crippen molar-refractivity contribution in [3.05, 3.63) is 35.9 Å². The molecule has 1 atom stereocenters. The molecule has 2 saturated heterocycles. The molecule has 2 fully saturated rings. The van der Waals surface area contributed by atoms with Crippen molar-refractivity contribution in [1.29, 1.82) is 0 Å². The van der Waals surface area contributed by atoms with Gasteiger partial charge < -0.3 is 4.90 Å². The fourth-order valence-electron chi connectivity index (χ4n) is 4.15. The summed E-state index contributed by atoms with van der Waals surface area (Å²) in [5.74, 6) is 0.825. The zero-order valence-electron chi connectivity index (χ0n) is 16.4. The average Bonchev–Trinajstić information content (AvgIpc) is 2.68. The van der Waals surface area contributed by atoms with E-state index in [1.807, 2.05) is 17.9 Å². The van der Waals surface area contributed by atoms with E-state index in [0.29, 0.717) is 32.1 Å². The number of rotatable bonds is 5. The van der Waals surface area contributed by atoms with Crippen LogP contribution in [0.25, 0.3) is 0 Å². The third kappa shape index (κ3) is 5.30. The molecule has 2 aliphatic rings. The zero-order chi connectivity index (χ0) is 19.4. The van der Waals surface area contributed by atoms with Crippen LogP contribution in [-0.4, -0.2) is 80.0 Å². The molecule has 1 amide bonds. The topological polar surface area (TPSA) is 60.9 Å². The Morgan fingerprint density at radius 2 is 1.63 bits per heavy atom. The molecule has 0 bridgehead atoms. The fourth-order valence-corrected chi connectivity index (χ4v) is 4.97. The van der Waals surface area contributed by atoms with Crippen molar-refractivity contribution in [3.8, 4) is 0 Å². The second-order valence-electron chi connectivity index (χ2n) is 7.83. The molecule has 0 saturated carbocycles. The van der Waals surface area contributed by atoms with Crippen LogP contribution in [0.5, 0.6) is 0 Å². The number of carbonyl (C=O) groups excluding carboxylic acids is 1. The van der Waals surface area contributed by atoms with E-state index < -0.39 is 10.0 Å². The predicted octanol–water partition coefficient (Wildman–Crippen LogP) is 1.43. The van der Waals surface area contributed by atoms with E-state index in [-0.39, 0.29) is 11.9 Å². The van der Waals surface area contributed by atoms with Gasteiger partial charge in [0.2, 0.25) is 15.9 Å². The first-order valence-corrected chi connectivity index (χ1v) is 11.7. The van der Waals surface area contributed by atoms with Gasteiger partial charge in [0.1, 0.15) is 0 Å². The van der Waals surface area contributed by atoms with E-state index in [1.165, 1.54) is 16.1 Å². The van der Waals surface area contributed by atoms with Crippen molar-refractivity contribution < 1.29 is 13.2 Å². The van der Waals surface area contributed by atoms with Gasteiger partial charge in [0.05, 0.1) is 12.3 Å². The van der Waals surface area contributed by atoms with Crippen LogP contribution in [0.15, 0.2) is 30.3 Å². The molecule has 1 aromatic carbocycles. The van der Waals surface area contributed by atoms with Crippen LogP contribution in [0.4, 0.5) is 0 Å². The zero-order valence-corrected chi connectivity index (χ0v) is 17.2. The lowest BCUT2D eigenvalue weighted by molar-refractivity contribution is -0.138. The van der Waals surface area contributed by atoms with E-state index in [1.54, 1.807) is 0 Å². The Morgan fingerprint density at radius 3 is 2.19 bits per heavy atom. The average molecular weight is 394 g/mol. The van der Waals surface area contributed by atoms with Crippen LogP contribution in [0.1, 0.15) is 25.3 Å². The van der Waals surface area contributed by atoms with Gasteiger partial charge >= 0.3 is 0 Å². The van der Waals surface area contributed by atoms with Gasteiger partial charge in [-0.15, -0.1) is 0 Å². The number of hydrogen-bond donors (Lipinski definition) is 0. The third-order valence-corrected chi connectivity index (χ3v) is 7.24. The van der Waals surface area contributed by atoms with Crippen LogP contribution < -0.4 is 0 Å². The molecule has 7 heteroatoms. The lowest BCUT2D eigenvalue weighted by Crippen LogP contribution is -2.56. The van der Waals surface area contributed by atoms with Crippen molar-refractivity contribution in [2.75, 3.05) is 45.5 Å². The standard InChI is InChI=1S/C20H31N3O3S/c1-17(21-12-14-23(15-13-21)27(2,25)26)20(24)22-10-8-19(9-11-22)16-18-6-4-3-5-7-18/h3-7,17,19H,8-16H2,1-2H3. The minimum absolute atomic E-state index is 0.181. The molecule has 27 heavy (non-hydrogen) atoms. The van der Waals surface area contributed by atoms with Gasteiger partial charge in [0.15, 0.2) is 0 Å². The first kappa shape index (κ1) is 20.3. The minimum Gasteiger partial charge on any atom is -0.341 e. The second-order valence-corrected chi connectivity index (χ2v) is 9.81. The fraction of sp³-hybridized carbons (Fsp3) is 0.650. The van der Waals surface area contributed by atoms with Crippen LogP contribution in [0.3, 0.4) is 0 Å². The number of piperidine rings is 1. The molecule has 0 aliphatic carbocycles. The Kier molecular flexibility index (Phi) is 6.55. The number of nitrogens with zero attached hydrogens (tertiary/aromatic N) is 3. The first-order valence-electron chi connectivity index (χ1n) is 9.86. The Bertz CT molecular complexity index is 722. The summed E-state index contributed by atoms with van der Waals surface area (Å²) in [5, 5.41) is 0. The van der Waals surface area contributed by atoms with E-state index >= 15 is 0 Å². The molecule has 1 aromatic rings. The summed E-state index contributed by atoms with van der Waals surface area (Å²) in [6.07, 6.45) is 4.44. The maximum Gasteiger partial charge on any atom is 0.239 e. The first-order chi connectivity index (χ1) is 12.8. The SMILES string of the molecule is CC(C(=O)N1CCC(Cc2ccccc2)CC1)N1CCN(S(C)(=O)=O)CC1. The van der Waals surface area contributed by atoms with Gasteiger partial charge in [-0.25, -0.2) is 8.42 Å². The number of carbonyl (C=O) groups is 1. The lowest BCUT2D eigenvalue weighted by atomic mass is 9.90. The number of likely N-dealkylation sites (tertiary alicyclic amines) is 1. The van der Waals surface area contributed by atoms with Crippen molar-refractivity contribution in [3.63, 3.8) is 0 Å². The molecule has 3 rings (SSSR count). The molecule has 1 unspecified atom stereocenters. The van der Waals surface area contributed by atoms with Crippen LogP contribution in [-0.2, 0) is 21.2 Å². The summed E-state index contributed by atoms with van der Waals surface area (Å²) in [4.78, 5) is 17.0. The van der Waals surface area contributed by atoms with Crippen molar-refractivity contribution >= 4 is 15.9 Å². The molecule has 2 heterocycles. The Hall–Kier alpha value is -1.44. The summed E-state index contributed by atoms with van der Waals surface area (Å²) in [5.41, 5.74) is 1.37. The van der Waals surface area contributed by atoms with Crippen LogP contribution in [0.2, 0.25) is 0 Å². The third-order valence-electron chi connectivity index (χ3n) is 5.94. The Balaban J connectivity index is 1.46. The molecular weight excluding hydrogens is 362 g/mol. The van der Waals surface area contributed by atoms with Gasteiger partial charge in [-0.05, 0) is 37.7 Å². The van der Waals surface area contributed by atoms with Gasteiger partial charge in [0.25, 0.3) is 0 Å². The highest BCUT2D eigenvalue weighted by atomic mass is 32.2. The number of hydrogen-bond acceptors (Lipinski definition) is 4. The Labute approximate surface area is 163 Å². The summed E-state index contributed by atoms with van der Waals surface area (Å²) >= 11 is 0. The quantitative estimate of drug-likeness (QED) is 0.759. The summed E-state index contributed by atoms with van der Waals surface area (Å²) in [6, 6.07) is 10.4. The second kappa shape index (κ2) is 8.71. The highest BCUT2D eigenvalue weighted by molar-refractivity contribution is 7.88. The van der Waals surface area contributed by atoms with Gasteiger partial charge in [-0.2, -0.15) is 4.31 Å². The lowest BCUT2D eigenvalue weighted by Gasteiger charge is -2.39. The summed E-state index contributed by atoms with van der Waals surface area (Å²) in [7, 11) is -3.14. The molecule has 150 valence electrons. The van der Waals surface area contributed by atoms with Crippen LogP contribution in [0, 0.1) is 5.92 Å². The normalized spacial score (nSPS) is 21.9. The molecule has 0 radical (unpaired) electrons. The Morgan fingerprint density at radius 1 is 1.04 bits per heavy atom. The number of piperazine rings is 1. The predicted molar refractivity (Wildman–Crippen MR) is 107 cm³/mol. The molecule has 6 nitrogen and oxygen atoms in total. The van der Waals surface area contributed by atoms with E-state index in [2.05, 4.69) is 29.2 Å². The number of benzene rings is 1.